The minimum Gasteiger partial charge on any atom is -0.453 e. The lowest BCUT2D eigenvalue weighted by molar-refractivity contribution is -0.136. The van der Waals surface area contributed by atoms with E-state index in [2.05, 4.69) is 20.6 Å². The number of carbonyl (C=O) groups excluding carboxylic acids is 4. The number of likely N-dealkylation sites (tertiary alicyclic amines) is 2. The molecule has 4 N–H and O–H groups in total. The van der Waals surface area contributed by atoms with Crippen molar-refractivity contribution in [1.82, 2.24) is 40.4 Å². The molecule has 4 aliphatic rings. The Morgan fingerprint density at radius 1 is 0.630 bits per heavy atom. The number of rotatable bonds is 11. The third kappa shape index (κ3) is 8.72. The summed E-state index contributed by atoms with van der Waals surface area (Å²) in [4.78, 5) is 71.6. The molecule has 2 aliphatic carbocycles. The van der Waals surface area contributed by atoms with E-state index in [1.807, 2.05) is 49.9 Å². The normalized spacial score (nSPS) is 27.2. The molecule has 6 rings (SSSR count). The van der Waals surface area contributed by atoms with Crippen LogP contribution in [0.2, 0.25) is 0 Å². The average Bonchev–Trinajstić information content (AvgIpc) is 4.02. The van der Waals surface area contributed by atoms with Crippen molar-refractivity contribution in [2.45, 2.75) is 141 Å². The standard InChI is InChI=1S/C40H62N8O6/c1-23(2)33(45-39(51)53-5)37(49)47-19-7-9-31(47)35-41-21-29(43-35)27-15-11-25(12-16-27)26-13-17-28(18-14-26)30-22-42-36(44-30)32-10-8-20-48(32)38(50)34(24(3)4)46-40(52)54-6/h21-28,31-34H,7-20H2,1-6H3,(H,41,43)(H,42,44)(H,45,51)(H,46,52)/t25?,26?,27?,28?,31-,32-,33-,34-/m1/s1. The topological polar surface area (TPSA) is 175 Å². The number of hydrogen-bond donors (Lipinski definition) is 4. The van der Waals surface area contributed by atoms with Crippen LogP contribution in [0.3, 0.4) is 0 Å². The van der Waals surface area contributed by atoms with Crippen LogP contribution in [-0.2, 0) is 19.1 Å². The summed E-state index contributed by atoms with van der Waals surface area (Å²) in [5, 5.41) is 5.46. The Labute approximate surface area is 319 Å². The largest absolute Gasteiger partial charge is 0.453 e. The molecule has 4 fully saturated rings. The molecule has 0 bridgehead atoms. The molecule has 14 nitrogen and oxygen atoms in total. The van der Waals surface area contributed by atoms with E-state index in [0.29, 0.717) is 24.9 Å². The van der Waals surface area contributed by atoms with Crippen LogP contribution < -0.4 is 10.6 Å². The Kier molecular flexibility index (Phi) is 12.9. The van der Waals surface area contributed by atoms with E-state index >= 15 is 0 Å². The van der Waals surface area contributed by atoms with E-state index < -0.39 is 24.3 Å². The van der Waals surface area contributed by atoms with Gasteiger partial charge in [0.1, 0.15) is 23.7 Å². The van der Waals surface area contributed by atoms with Gasteiger partial charge in [-0.05, 0) is 101 Å². The zero-order valence-electron chi connectivity index (χ0n) is 33.1. The van der Waals surface area contributed by atoms with Crippen molar-refractivity contribution in [1.29, 1.82) is 0 Å². The first kappa shape index (κ1) is 39.6. The summed E-state index contributed by atoms with van der Waals surface area (Å²) in [6.45, 7) is 9.02. The molecule has 2 aromatic rings. The maximum absolute atomic E-state index is 13.6. The maximum atomic E-state index is 13.6. The van der Waals surface area contributed by atoms with Gasteiger partial charge in [-0.2, -0.15) is 0 Å². The minimum atomic E-state index is -0.642. The fourth-order valence-corrected chi connectivity index (χ4v) is 9.65. The molecule has 4 heterocycles. The third-order valence-corrected chi connectivity index (χ3v) is 12.8. The van der Waals surface area contributed by atoms with Crippen LogP contribution in [0.25, 0.3) is 0 Å². The van der Waals surface area contributed by atoms with Gasteiger partial charge in [0.25, 0.3) is 0 Å². The predicted molar refractivity (Wildman–Crippen MR) is 202 cm³/mol. The van der Waals surface area contributed by atoms with Crippen molar-refractivity contribution < 1.29 is 28.7 Å². The highest BCUT2D eigenvalue weighted by molar-refractivity contribution is 5.87. The molecule has 0 spiro atoms. The maximum Gasteiger partial charge on any atom is 0.407 e. The number of imidazole rings is 2. The van der Waals surface area contributed by atoms with Crippen LogP contribution in [0, 0.1) is 23.7 Å². The number of methoxy groups -OCH3 is 2. The lowest BCUT2D eigenvalue weighted by Crippen LogP contribution is -2.51. The molecular formula is C40H62N8O6. The van der Waals surface area contributed by atoms with Crippen LogP contribution in [0.1, 0.15) is 152 Å². The summed E-state index contributed by atoms with van der Waals surface area (Å²) in [7, 11) is 2.62. The van der Waals surface area contributed by atoms with Crippen LogP contribution in [0.4, 0.5) is 9.59 Å². The average molecular weight is 751 g/mol. The zero-order valence-corrected chi connectivity index (χ0v) is 33.1. The second-order valence-electron chi connectivity index (χ2n) is 16.8. The van der Waals surface area contributed by atoms with Gasteiger partial charge >= 0.3 is 12.2 Å². The van der Waals surface area contributed by atoms with Gasteiger partial charge < -0.3 is 39.9 Å². The van der Waals surface area contributed by atoms with E-state index in [9.17, 15) is 19.2 Å². The number of ether oxygens (including phenoxy) is 2. The number of alkyl carbamates (subject to hydrolysis) is 2. The van der Waals surface area contributed by atoms with Gasteiger partial charge in [0.2, 0.25) is 11.8 Å². The van der Waals surface area contributed by atoms with Crippen molar-refractivity contribution in [3.8, 4) is 0 Å². The van der Waals surface area contributed by atoms with E-state index in [1.165, 1.54) is 51.3 Å². The Balaban J connectivity index is 0.986. The molecular weight excluding hydrogens is 688 g/mol. The van der Waals surface area contributed by atoms with Gasteiger partial charge in [-0.1, -0.05) is 27.7 Å². The lowest BCUT2D eigenvalue weighted by Gasteiger charge is -2.37. The molecule has 2 saturated carbocycles. The smallest absolute Gasteiger partial charge is 0.407 e. The van der Waals surface area contributed by atoms with Gasteiger partial charge in [0, 0.05) is 48.7 Å². The molecule has 298 valence electrons. The number of aromatic amines is 2. The second-order valence-corrected chi connectivity index (χ2v) is 16.8. The predicted octanol–water partition coefficient (Wildman–Crippen LogP) is 6.47. The molecule has 4 amide bonds. The molecule has 14 heteroatoms. The van der Waals surface area contributed by atoms with E-state index in [4.69, 9.17) is 19.4 Å². The van der Waals surface area contributed by atoms with Gasteiger partial charge in [0.15, 0.2) is 0 Å². The number of carbonyl (C=O) groups is 4. The number of nitrogens with one attached hydrogen (secondary N) is 4. The third-order valence-electron chi connectivity index (χ3n) is 12.8. The SMILES string of the molecule is COC(=O)N[C@@H](C(=O)N1CCC[C@@H]1c1ncc(C2CCC(C3CCC(c4cnc([C@H]5CCCN5C(=O)[C@H](NC(=O)OC)C(C)C)[nH]4)CC3)CC2)[nH]1)C(C)C. The first-order valence-corrected chi connectivity index (χ1v) is 20.4. The summed E-state index contributed by atoms with van der Waals surface area (Å²) < 4.78 is 9.55. The Bertz CT molecular complexity index is 1470. The fraction of sp³-hybridized carbons (Fsp3) is 0.750. The van der Waals surface area contributed by atoms with Crippen LogP contribution >= 0.6 is 0 Å². The summed E-state index contributed by atoms with van der Waals surface area (Å²) in [6.07, 6.45) is 15.8. The number of aromatic nitrogens is 4. The highest BCUT2D eigenvalue weighted by Gasteiger charge is 2.40. The number of amides is 4. The highest BCUT2D eigenvalue weighted by Crippen LogP contribution is 2.46. The van der Waals surface area contributed by atoms with Crippen molar-refractivity contribution in [3.05, 3.63) is 35.4 Å². The molecule has 4 atom stereocenters. The van der Waals surface area contributed by atoms with Gasteiger partial charge in [-0.25, -0.2) is 19.6 Å². The van der Waals surface area contributed by atoms with Crippen molar-refractivity contribution in [2.24, 2.45) is 23.7 Å². The van der Waals surface area contributed by atoms with Crippen LogP contribution in [0.15, 0.2) is 12.4 Å². The van der Waals surface area contributed by atoms with E-state index in [-0.39, 0.29) is 35.7 Å². The van der Waals surface area contributed by atoms with Crippen LogP contribution in [-0.4, -0.2) is 93.1 Å². The fourth-order valence-electron chi connectivity index (χ4n) is 9.65. The molecule has 0 radical (unpaired) electrons. The molecule has 54 heavy (non-hydrogen) atoms. The van der Waals surface area contributed by atoms with Crippen molar-refractivity contribution in [3.63, 3.8) is 0 Å². The minimum absolute atomic E-state index is 0.0666. The summed E-state index contributed by atoms with van der Waals surface area (Å²) in [6, 6.07) is -1.51. The van der Waals surface area contributed by atoms with E-state index in [0.717, 1.165) is 74.9 Å². The number of H-pyrrole nitrogens is 2. The van der Waals surface area contributed by atoms with E-state index in [1.54, 1.807) is 0 Å². The Hall–Kier alpha value is -4.10. The number of hydrogen-bond acceptors (Lipinski definition) is 8. The monoisotopic (exact) mass is 750 g/mol. The Morgan fingerprint density at radius 3 is 1.33 bits per heavy atom. The first-order chi connectivity index (χ1) is 26.0. The zero-order chi connectivity index (χ0) is 38.5. The summed E-state index contributed by atoms with van der Waals surface area (Å²) in [5.41, 5.74) is 2.35. The Morgan fingerprint density at radius 2 is 1.00 bits per heavy atom. The highest BCUT2D eigenvalue weighted by atomic mass is 16.5. The van der Waals surface area contributed by atoms with Gasteiger partial charge in [-0.15, -0.1) is 0 Å². The summed E-state index contributed by atoms with van der Waals surface area (Å²) >= 11 is 0. The van der Waals surface area contributed by atoms with Gasteiger partial charge in [-0.3, -0.25) is 9.59 Å². The van der Waals surface area contributed by atoms with Crippen molar-refractivity contribution in [2.75, 3.05) is 27.3 Å². The van der Waals surface area contributed by atoms with Crippen LogP contribution in [0.5, 0.6) is 0 Å². The first-order valence-electron chi connectivity index (χ1n) is 20.4. The lowest BCUT2D eigenvalue weighted by atomic mass is 9.68. The molecule has 2 saturated heterocycles. The summed E-state index contributed by atoms with van der Waals surface area (Å²) in [5.74, 6) is 3.78. The molecule has 2 aromatic heterocycles. The van der Waals surface area contributed by atoms with Crippen molar-refractivity contribution >= 4 is 24.0 Å². The molecule has 2 aliphatic heterocycles. The van der Waals surface area contributed by atoms with Gasteiger partial charge in [0.05, 0.1) is 26.3 Å². The molecule has 0 unspecified atom stereocenters. The molecule has 0 aromatic carbocycles. The quantitative estimate of drug-likeness (QED) is 0.202. The second kappa shape index (κ2) is 17.6. The number of nitrogens with zero attached hydrogens (tertiary/aromatic N) is 4.